The van der Waals surface area contributed by atoms with Crippen LogP contribution in [0, 0.1) is 5.41 Å². The Hall–Kier alpha value is -0.120. The fraction of sp³-hybridized carbons (Fsp3) is 1.00. The van der Waals surface area contributed by atoms with Crippen LogP contribution in [0.3, 0.4) is 0 Å². The molecule has 2 fully saturated rings. The molecule has 0 aromatic rings. The molecule has 0 bridgehead atoms. The summed E-state index contributed by atoms with van der Waals surface area (Å²) in [4.78, 5) is 2.40. The molecule has 1 saturated heterocycles. The summed E-state index contributed by atoms with van der Waals surface area (Å²) < 4.78 is 0. The monoisotopic (exact) mass is 184 g/mol. The number of nitrogens with zero attached hydrogens (tertiary/aromatic N) is 2. The molecular formula is C10H20N2O. The molecule has 1 N–H and O–H groups in total. The molecule has 76 valence electrons. The maximum Gasteiger partial charge on any atom is 0.0357 e. The zero-order valence-corrected chi connectivity index (χ0v) is 8.66. The Morgan fingerprint density at radius 2 is 1.85 bits per heavy atom. The van der Waals surface area contributed by atoms with Gasteiger partial charge in [0.25, 0.3) is 0 Å². The largest absolute Gasteiger partial charge is 0.314 e. The fourth-order valence-corrected chi connectivity index (χ4v) is 2.71. The summed E-state index contributed by atoms with van der Waals surface area (Å²) in [6.07, 6.45) is 5.06. The van der Waals surface area contributed by atoms with Gasteiger partial charge in [-0.15, -0.1) is 0 Å². The zero-order chi connectivity index (χ0) is 9.47. The highest BCUT2D eigenvalue weighted by molar-refractivity contribution is 4.99. The molecule has 3 heteroatoms. The molecule has 13 heavy (non-hydrogen) atoms. The standard InChI is InChI=1S/C10H20N2O/c1-11-5-3-10(4-6-11)7-9(8-10)12(2)13/h9,13H,3-8H2,1-2H3. The van der Waals surface area contributed by atoms with Crippen LogP contribution in [0.4, 0.5) is 0 Å². The van der Waals surface area contributed by atoms with Crippen LogP contribution in [0.5, 0.6) is 0 Å². The van der Waals surface area contributed by atoms with Gasteiger partial charge in [0.1, 0.15) is 0 Å². The van der Waals surface area contributed by atoms with Gasteiger partial charge in [-0.05, 0) is 51.2 Å². The lowest BCUT2D eigenvalue weighted by molar-refractivity contribution is -0.167. The lowest BCUT2D eigenvalue weighted by Crippen LogP contribution is -2.52. The van der Waals surface area contributed by atoms with Gasteiger partial charge in [-0.2, -0.15) is 5.06 Å². The topological polar surface area (TPSA) is 26.7 Å². The Bertz CT molecular complexity index is 177. The van der Waals surface area contributed by atoms with Gasteiger partial charge in [-0.1, -0.05) is 0 Å². The first-order chi connectivity index (χ1) is 6.11. The normalized spacial score (nSPS) is 29.5. The van der Waals surface area contributed by atoms with E-state index in [1.807, 2.05) is 0 Å². The van der Waals surface area contributed by atoms with Crippen molar-refractivity contribution in [3.05, 3.63) is 0 Å². The zero-order valence-electron chi connectivity index (χ0n) is 8.66. The van der Waals surface area contributed by atoms with E-state index >= 15 is 0 Å². The van der Waals surface area contributed by atoms with Crippen LogP contribution in [0.25, 0.3) is 0 Å². The highest BCUT2D eigenvalue weighted by Crippen LogP contribution is 2.50. The van der Waals surface area contributed by atoms with Gasteiger partial charge >= 0.3 is 0 Å². The van der Waals surface area contributed by atoms with E-state index in [0.29, 0.717) is 11.5 Å². The lowest BCUT2D eigenvalue weighted by Gasteiger charge is -2.53. The van der Waals surface area contributed by atoms with E-state index in [1.165, 1.54) is 43.8 Å². The molecule has 2 rings (SSSR count). The van der Waals surface area contributed by atoms with Crippen molar-refractivity contribution in [1.82, 2.24) is 9.96 Å². The summed E-state index contributed by atoms with van der Waals surface area (Å²) in [7, 11) is 3.97. The summed E-state index contributed by atoms with van der Waals surface area (Å²) in [5, 5.41) is 10.7. The molecule has 0 aromatic carbocycles. The first-order valence-electron chi connectivity index (χ1n) is 5.22. The molecule has 0 unspecified atom stereocenters. The number of likely N-dealkylation sites (tertiary alicyclic amines) is 1. The fourth-order valence-electron chi connectivity index (χ4n) is 2.71. The molecule has 1 saturated carbocycles. The molecule has 0 amide bonds. The number of hydroxylamine groups is 2. The van der Waals surface area contributed by atoms with Crippen molar-refractivity contribution in [2.24, 2.45) is 5.41 Å². The van der Waals surface area contributed by atoms with Crippen LogP contribution in [0.1, 0.15) is 25.7 Å². The van der Waals surface area contributed by atoms with Crippen molar-refractivity contribution in [2.45, 2.75) is 31.7 Å². The van der Waals surface area contributed by atoms with Crippen molar-refractivity contribution in [3.63, 3.8) is 0 Å². The molecule has 0 radical (unpaired) electrons. The Kier molecular flexibility index (Phi) is 2.34. The number of rotatable bonds is 1. The van der Waals surface area contributed by atoms with Crippen molar-refractivity contribution in [2.75, 3.05) is 27.2 Å². The van der Waals surface area contributed by atoms with E-state index in [-0.39, 0.29) is 0 Å². The molecule has 2 aliphatic rings. The van der Waals surface area contributed by atoms with E-state index in [1.54, 1.807) is 7.05 Å². The van der Waals surface area contributed by atoms with Gasteiger partial charge in [0.05, 0.1) is 0 Å². The molecule has 1 heterocycles. The quantitative estimate of drug-likeness (QED) is 0.620. The van der Waals surface area contributed by atoms with Crippen molar-refractivity contribution in [1.29, 1.82) is 0 Å². The lowest BCUT2D eigenvalue weighted by atomic mass is 9.60. The van der Waals surface area contributed by atoms with Gasteiger partial charge in [0.15, 0.2) is 0 Å². The summed E-state index contributed by atoms with van der Waals surface area (Å²) in [5.41, 5.74) is 0.591. The predicted molar refractivity (Wildman–Crippen MR) is 51.7 cm³/mol. The van der Waals surface area contributed by atoms with Gasteiger partial charge in [0, 0.05) is 13.1 Å². The maximum atomic E-state index is 9.26. The van der Waals surface area contributed by atoms with Gasteiger partial charge in [-0.3, -0.25) is 0 Å². The minimum absolute atomic E-state index is 0.434. The van der Waals surface area contributed by atoms with Crippen molar-refractivity contribution < 1.29 is 5.21 Å². The first kappa shape index (κ1) is 9.44. The second kappa shape index (κ2) is 3.23. The van der Waals surface area contributed by atoms with Crippen LogP contribution in [0.15, 0.2) is 0 Å². The average molecular weight is 184 g/mol. The maximum absolute atomic E-state index is 9.26. The van der Waals surface area contributed by atoms with Crippen LogP contribution < -0.4 is 0 Å². The number of piperidine rings is 1. The van der Waals surface area contributed by atoms with Crippen LogP contribution >= 0.6 is 0 Å². The second-order valence-corrected chi connectivity index (χ2v) is 4.94. The van der Waals surface area contributed by atoms with Gasteiger partial charge in [0.2, 0.25) is 0 Å². The van der Waals surface area contributed by atoms with E-state index in [2.05, 4.69) is 11.9 Å². The SMILES string of the molecule is CN1CCC2(CC1)CC(N(C)O)C2. The number of hydrogen-bond acceptors (Lipinski definition) is 3. The summed E-state index contributed by atoms with van der Waals surface area (Å²) in [6, 6.07) is 0.434. The van der Waals surface area contributed by atoms with Crippen LogP contribution in [-0.4, -0.2) is 48.4 Å². The van der Waals surface area contributed by atoms with Crippen molar-refractivity contribution in [3.8, 4) is 0 Å². The summed E-state index contributed by atoms with van der Waals surface area (Å²) >= 11 is 0. The summed E-state index contributed by atoms with van der Waals surface area (Å²) in [5.74, 6) is 0. The molecule has 1 aliphatic carbocycles. The highest BCUT2D eigenvalue weighted by Gasteiger charge is 2.46. The van der Waals surface area contributed by atoms with Gasteiger partial charge in [-0.25, -0.2) is 0 Å². The molecule has 1 spiro atoms. The Morgan fingerprint density at radius 3 is 2.31 bits per heavy atom. The van der Waals surface area contributed by atoms with Gasteiger partial charge < -0.3 is 10.1 Å². The minimum Gasteiger partial charge on any atom is -0.314 e. The predicted octanol–water partition coefficient (Wildman–Crippen LogP) is 1.18. The minimum atomic E-state index is 0.434. The third-order valence-electron chi connectivity index (χ3n) is 3.91. The Morgan fingerprint density at radius 1 is 1.31 bits per heavy atom. The van der Waals surface area contributed by atoms with E-state index < -0.39 is 0 Å². The van der Waals surface area contributed by atoms with E-state index in [4.69, 9.17) is 0 Å². The molecular weight excluding hydrogens is 164 g/mol. The molecule has 0 atom stereocenters. The Balaban J connectivity index is 1.83. The second-order valence-electron chi connectivity index (χ2n) is 4.94. The van der Waals surface area contributed by atoms with E-state index in [9.17, 15) is 5.21 Å². The van der Waals surface area contributed by atoms with E-state index in [0.717, 1.165) is 0 Å². The highest BCUT2D eigenvalue weighted by atomic mass is 16.5. The van der Waals surface area contributed by atoms with Crippen LogP contribution in [-0.2, 0) is 0 Å². The third-order valence-corrected chi connectivity index (χ3v) is 3.91. The van der Waals surface area contributed by atoms with Crippen LogP contribution in [0.2, 0.25) is 0 Å². The third kappa shape index (κ3) is 1.73. The molecule has 0 aromatic heterocycles. The summed E-state index contributed by atoms with van der Waals surface area (Å²) in [6.45, 7) is 2.48. The smallest absolute Gasteiger partial charge is 0.0357 e. The molecule has 1 aliphatic heterocycles. The van der Waals surface area contributed by atoms with Crippen molar-refractivity contribution >= 4 is 0 Å². The number of hydrogen-bond donors (Lipinski definition) is 1. The average Bonchev–Trinajstić information content (AvgIpc) is 2.02. The Labute approximate surface area is 80.3 Å². The first-order valence-corrected chi connectivity index (χ1v) is 5.22. The molecule has 3 nitrogen and oxygen atoms in total.